The minimum absolute atomic E-state index is 0.102. The highest BCUT2D eigenvalue weighted by Gasteiger charge is 2.26. The maximum Gasteiger partial charge on any atom is 0.166 e. The molecule has 1 aromatic rings. The summed E-state index contributed by atoms with van der Waals surface area (Å²) in [6, 6.07) is 5.55. The third-order valence-corrected chi connectivity index (χ3v) is 3.80. The van der Waals surface area contributed by atoms with Gasteiger partial charge in [-0.3, -0.25) is 9.59 Å². The van der Waals surface area contributed by atoms with Crippen LogP contribution in [0.25, 0.3) is 0 Å². The maximum absolute atomic E-state index is 12.4. The Morgan fingerprint density at radius 3 is 2.84 bits per heavy atom. The number of ketones is 2. The van der Waals surface area contributed by atoms with Gasteiger partial charge in [-0.1, -0.05) is 6.92 Å². The van der Waals surface area contributed by atoms with E-state index in [4.69, 9.17) is 4.74 Å². The van der Waals surface area contributed by atoms with Gasteiger partial charge in [0, 0.05) is 24.3 Å². The number of benzene rings is 1. The van der Waals surface area contributed by atoms with Crippen LogP contribution in [0.3, 0.4) is 0 Å². The number of rotatable bonds is 4. The molecule has 0 spiro atoms. The van der Waals surface area contributed by atoms with Crippen LogP contribution in [0.2, 0.25) is 0 Å². The van der Waals surface area contributed by atoms with Crippen molar-refractivity contribution in [1.29, 1.82) is 0 Å². The molecule has 0 heterocycles. The predicted octanol–water partition coefficient (Wildman–Crippen LogP) is 3.20. The second-order valence-corrected chi connectivity index (χ2v) is 5.08. The monoisotopic (exact) mass is 260 g/mol. The zero-order chi connectivity index (χ0) is 13.8. The Labute approximate surface area is 114 Å². The third-order valence-electron chi connectivity index (χ3n) is 3.80. The fourth-order valence-corrected chi connectivity index (χ4v) is 2.69. The molecule has 1 saturated carbocycles. The van der Waals surface area contributed by atoms with Crippen molar-refractivity contribution in [2.45, 2.75) is 39.0 Å². The number of aryl methyl sites for hydroxylation is 1. The summed E-state index contributed by atoms with van der Waals surface area (Å²) in [4.78, 5) is 23.9. The van der Waals surface area contributed by atoms with Crippen molar-refractivity contribution in [1.82, 2.24) is 0 Å². The standard InChI is InChI=1S/C16H20O3/c1-3-11-9-13(7-8-15(11)19-2)16(18)12-5-4-6-14(17)10-12/h7-9,12H,3-6,10H2,1-2H3. The molecule has 0 aliphatic heterocycles. The molecule has 0 radical (unpaired) electrons. The lowest BCUT2D eigenvalue weighted by atomic mass is 9.83. The van der Waals surface area contributed by atoms with E-state index < -0.39 is 0 Å². The minimum Gasteiger partial charge on any atom is -0.496 e. The first-order chi connectivity index (χ1) is 9.15. The largest absolute Gasteiger partial charge is 0.496 e. The summed E-state index contributed by atoms with van der Waals surface area (Å²) in [7, 11) is 1.63. The van der Waals surface area contributed by atoms with Gasteiger partial charge < -0.3 is 4.74 Å². The highest BCUT2D eigenvalue weighted by atomic mass is 16.5. The Morgan fingerprint density at radius 1 is 1.42 bits per heavy atom. The number of hydrogen-bond acceptors (Lipinski definition) is 3. The fourth-order valence-electron chi connectivity index (χ4n) is 2.69. The normalized spacial score (nSPS) is 19.3. The summed E-state index contributed by atoms with van der Waals surface area (Å²) in [6.07, 6.45) is 3.54. The van der Waals surface area contributed by atoms with E-state index in [1.807, 2.05) is 19.1 Å². The summed E-state index contributed by atoms with van der Waals surface area (Å²) in [5, 5.41) is 0. The smallest absolute Gasteiger partial charge is 0.166 e. The van der Waals surface area contributed by atoms with Gasteiger partial charge in [-0.2, -0.15) is 0 Å². The van der Waals surface area contributed by atoms with Gasteiger partial charge in [0.25, 0.3) is 0 Å². The molecule has 1 aliphatic carbocycles. The molecule has 0 saturated heterocycles. The number of carbonyl (C=O) groups is 2. The van der Waals surface area contributed by atoms with Crippen LogP contribution in [0, 0.1) is 5.92 Å². The Morgan fingerprint density at radius 2 is 2.21 bits per heavy atom. The van der Waals surface area contributed by atoms with Gasteiger partial charge in [-0.05, 0) is 43.0 Å². The summed E-state index contributed by atoms with van der Waals surface area (Å²) < 4.78 is 5.27. The first kappa shape index (κ1) is 13.8. The molecule has 1 fully saturated rings. The summed E-state index contributed by atoms with van der Waals surface area (Å²) in [6.45, 7) is 2.04. The van der Waals surface area contributed by atoms with Gasteiger partial charge in [-0.25, -0.2) is 0 Å². The quantitative estimate of drug-likeness (QED) is 0.781. The molecule has 2 rings (SSSR count). The Bertz CT molecular complexity index is 491. The first-order valence-electron chi connectivity index (χ1n) is 6.88. The van der Waals surface area contributed by atoms with Crippen LogP contribution < -0.4 is 4.74 Å². The number of methoxy groups -OCH3 is 1. The molecular weight excluding hydrogens is 240 g/mol. The van der Waals surface area contributed by atoms with Crippen molar-refractivity contribution >= 4 is 11.6 Å². The molecule has 1 aliphatic rings. The molecule has 0 N–H and O–H groups in total. The third kappa shape index (κ3) is 3.03. The molecule has 0 aromatic heterocycles. The van der Waals surface area contributed by atoms with Crippen molar-refractivity contribution in [3.05, 3.63) is 29.3 Å². The van der Waals surface area contributed by atoms with Gasteiger partial charge in [0.15, 0.2) is 5.78 Å². The molecule has 0 amide bonds. The molecule has 102 valence electrons. The second kappa shape index (κ2) is 6.00. The molecule has 0 bridgehead atoms. The van der Waals surface area contributed by atoms with Crippen LogP contribution in [-0.4, -0.2) is 18.7 Å². The van der Waals surface area contributed by atoms with Crippen molar-refractivity contribution in [2.75, 3.05) is 7.11 Å². The fraction of sp³-hybridized carbons (Fsp3) is 0.500. The number of hydrogen-bond donors (Lipinski definition) is 0. The molecular formula is C16H20O3. The van der Waals surface area contributed by atoms with E-state index in [2.05, 4.69) is 0 Å². The lowest BCUT2D eigenvalue weighted by Gasteiger charge is -2.20. The van der Waals surface area contributed by atoms with Crippen LogP contribution in [0.15, 0.2) is 18.2 Å². The van der Waals surface area contributed by atoms with Crippen LogP contribution in [-0.2, 0) is 11.2 Å². The van der Waals surface area contributed by atoms with E-state index in [-0.39, 0.29) is 17.5 Å². The van der Waals surface area contributed by atoms with Crippen molar-refractivity contribution < 1.29 is 14.3 Å². The van der Waals surface area contributed by atoms with Crippen LogP contribution in [0.4, 0.5) is 0 Å². The molecule has 1 aromatic carbocycles. The van der Waals surface area contributed by atoms with Crippen molar-refractivity contribution in [3.63, 3.8) is 0 Å². The number of carbonyl (C=O) groups excluding carboxylic acids is 2. The molecule has 1 unspecified atom stereocenters. The van der Waals surface area contributed by atoms with Gasteiger partial charge in [0.2, 0.25) is 0 Å². The zero-order valence-corrected chi connectivity index (χ0v) is 11.6. The highest BCUT2D eigenvalue weighted by Crippen LogP contribution is 2.27. The van der Waals surface area contributed by atoms with E-state index in [1.165, 1.54) is 0 Å². The van der Waals surface area contributed by atoms with Gasteiger partial charge in [-0.15, -0.1) is 0 Å². The SMILES string of the molecule is CCc1cc(C(=O)C2CCCC(=O)C2)ccc1OC. The number of ether oxygens (including phenoxy) is 1. The lowest BCUT2D eigenvalue weighted by molar-refractivity contribution is -0.121. The van der Waals surface area contributed by atoms with Gasteiger partial charge in [0.05, 0.1) is 7.11 Å². The summed E-state index contributed by atoms with van der Waals surface area (Å²) >= 11 is 0. The highest BCUT2D eigenvalue weighted by molar-refractivity contribution is 6.00. The zero-order valence-electron chi connectivity index (χ0n) is 11.6. The minimum atomic E-state index is -0.126. The maximum atomic E-state index is 12.4. The van der Waals surface area contributed by atoms with Crippen molar-refractivity contribution in [2.24, 2.45) is 5.92 Å². The molecule has 3 heteroatoms. The lowest BCUT2D eigenvalue weighted by Crippen LogP contribution is -2.23. The van der Waals surface area contributed by atoms with Crippen LogP contribution in [0.1, 0.15) is 48.5 Å². The van der Waals surface area contributed by atoms with Crippen molar-refractivity contribution in [3.8, 4) is 5.75 Å². The summed E-state index contributed by atoms with van der Waals surface area (Å²) in [5.41, 5.74) is 1.74. The van der Waals surface area contributed by atoms with E-state index in [0.29, 0.717) is 18.4 Å². The Hall–Kier alpha value is -1.64. The predicted molar refractivity (Wildman–Crippen MR) is 73.7 cm³/mol. The molecule has 3 nitrogen and oxygen atoms in total. The Balaban J connectivity index is 2.21. The van der Waals surface area contributed by atoms with E-state index in [9.17, 15) is 9.59 Å². The van der Waals surface area contributed by atoms with E-state index in [0.717, 1.165) is 30.6 Å². The average Bonchev–Trinajstić information content (AvgIpc) is 2.45. The first-order valence-corrected chi connectivity index (χ1v) is 6.88. The molecule has 1 atom stereocenters. The number of Topliss-reactive ketones (excluding diaryl/α,β-unsaturated/α-hetero) is 2. The van der Waals surface area contributed by atoms with Gasteiger partial charge in [0.1, 0.15) is 11.5 Å². The topological polar surface area (TPSA) is 43.4 Å². The van der Waals surface area contributed by atoms with Crippen LogP contribution in [0.5, 0.6) is 5.75 Å². The van der Waals surface area contributed by atoms with Gasteiger partial charge >= 0.3 is 0 Å². The second-order valence-electron chi connectivity index (χ2n) is 5.08. The van der Waals surface area contributed by atoms with E-state index >= 15 is 0 Å². The van der Waals surface area contributed by atoms with Crippen LogP contribution >= 0.6 is 0 Å². The Kier molecular flexibility index (Phi) is 4.35. The summed E-state index contributed by atoms with van der Waals surface area (Å²) in [5.74, 6) is 1.01. The van der Waals surface area contributed by atoms with E-state index in [1.54, 1.807) is 13.2 Å². The molecule has 19 heavy (non-hydrogen) atoms. The average molecular weight is 260 g/mol.